The van der Waals surface area contributed by atoms with Gasteiger partial charge in [-0.25, -0.2) is 0 Å². The molecule has 0 aliphatic heterocycles. The van der Waals surface area contributed by atoms with Gasteiger partial charge in [0.25, 0.3) is 0 Å². The molecular weight excluding hydrogens is 365 g/mol. The zero-order valence-electron chi connectivity index (χ0n) is 14.0. The molecule has 2 nitrogen and oxygen atoms in total. The normalized spacial score (nSPS) is 15.2. The third kappa shape index (κ3) is 4.21. The summed E-state index contributed by atoms with van der Waals surface area (Å²) in [6.07, 6.45) is -0.192. The van der Waals surface area contributed by atoms with E-state index in [0.29, 0.717) is 28.7 Å². The quantitative estimate of drug-likeness (QED) is 0.558. The van der Waals surface area contributed by atoms with Crippen LogP contribution in [0.3, 0.4) is 0 Å². The van der Waals surface area contributed by atoms with E-state index < -0.39 is 11.7 Å². The molecular formula is C20H18ClF3O2. The summed E-state index contributed by atoms with van der Waals surface area (Å²) in [5.74, 6) is 0.380. The predicted octanol–water partition coefficient (Wildman–Crippen LogP) is 6.41. The van der Waals surface area contributed by atoms with Gasteiger partial charge in [-0.3, -0.25) is 4.79 Å². The van der Waals surface area contributed by atoms with Gasteiger partial charge in [-0.05, 0) is 54.2 Å². The van der Waals surface area contributed by atoms with E-state index >= 15 is 0 Å². The van der Waals surface area contributed by atoms with Crippen LogP contribution in [0, 0.1) is 0 Å². The van der Waals surface area contributed by atoms with E-state index in [9.17, 15) is 18.0 Å². The van der Waals surface area contributed by atoms with Crippen molar-refractivity contribution >= 4 is 17.9 Å². The Bertz CT molecular complexity index is 796. The lowest BCUT2D eigenvalue weighted by atomic mass is 9.91. The van der Waals surface area contributed by atoms with Crippen LogP contribution >= 0.6 is 11.6 Å². The van der Waals surface area contributed by atoms with Crippen molar-refractivity contribution in [1.82, 2.24) is 0 Å². The van der Waals surface area contributed by atoms with Crippen LogP contribution in [-0.4, -0.2) is 6.29 Å². The van der Waals surface area contributed by atoms with Crippen LogP contribution in [-0.2, 0) is 12.8 Å². The zero-order chi connectivity index (χ0) is 18.7. The van der Waals surface area contributed by atoms with Crippen LogP contribution in [0.4, 0.5) is 13.2 Å². The molecule has 0 N–H and O–H groups in total. The molecule has 0 heterocycles. The molecule has 26 heavy (non-hydrogen) atoms. The molecule has 2 aromatic carbocycles. The molecule has 0 amide bonds. The van der Waals surface area contributed by atoms with Crippen LogP contribution in [0.25, 0.3) is 0 Å². The Kier molecular flexibility index (Phi) is 5.56. The molecule has 2 aromatic rings. The number of benzene rings is 2. The number of hydrogen-bond acceptors (Lipinski definition) is 2. The molecule has 6 heteroatoms. The van der Waals surface area contributed by atoms with Gasteiger partial charge < -0.3 is 4.74 Å². The van der Waals surface area contributed by atoms with E-state index in [1.165, 1.54) is 18.2 Å². The first kappa shape index (κ1) is 18.8. The summed E-state index contributed by atoms with van der Waals surface area (Å²) in [4.78, 5) is 10.8. The summed E-state index contributed by atoms with van der Waals surface area (Å²) < 4.78 is 46.0. The summed E-state index contributed by atoms with van der Waals surface area (Å²) in [7, 11) is 0. The monoisotopic (exact) mass is 382 g/mol. The van der Waals surface area contributed by atoms with Gasteiger partial charge in [-0.2, -0.15) is 13.2 Å². The minimum absolute atomic E-state index is 0.00914. The van der Waals surface area contributed by atoms with Gasteiger partial charge in [0.15, 0.2) is 6.29 Å². The Balaban J connectivity index is 1.80. The second-order valence-electron chi connectivity index (χ2n) is 6.49. The lowest BCUT2D eigenvalue weighted by Gasteiger charge is -2.19. The molecule has 1 aliphatic rings. The van der Waals surface area contributed by atoms with Crippen molar-refractivity contribution in [2.45, 2.75) is 44.4 Å². The molecule has 0 bridgehead atoms. The van der Waals surface area contributed by atoms with Gasteiger partial charge in [-0.1, -0.05) is 36.6 Å². The van der Waals surface area contributed by atoms with Gasteiger partial charge in [-0.15, -0.1) is 0 Å². The highest BCUT2D eigenvalue weighted by Crippen LogP contribution is 2.42. The Hall–Kier alpha value is -2.01. The Morgan fingerprint density at radius 2 is 1.85 bits per heavy atom. The van der Waals surface area contributed by atoms with Crippen molar-refractivity contribution in [3.05, 3.63) is 63.7 Å². The largest absolute Gasteiger partial charge is 0.489 e. The average Bonchev–Trinajstić information content (AvgIpc) is 3.13. The SMILES string of the molecule is O=Cc1ccc(OCc2ccc(C3CCCC3)c(C(F)(F)F)c2)cc1Cl. The summed E-state index contributed by atoms with van der Waals surface area (Å²) in [6, 6.07) is 8.99. The zero-order valence-corrected chi connectivity index (χ0v) is 14.7. The number of ether oxygens (including phenoxy) is 1. The van der Waals surface area contributed by atoms with Crippen molar-refractivity contribution in [3.8, 4) is 5.75 Å². The number of aldehydes is 1. The molecule has 0 atom stereocenters. The predicted molar refractivity (Wildman–Crippen MR) is 93.8 cm³/mol. The smallest absolute Gasteiger partial charge is 0.416 e. The third-order valence-corrected chi connectivity index (χ3v) is 5.05. The first-order valence-corrected chi connectivity index (χ1v) is 8.84. The molecule has 0 unspecified atom stereocenters. The first-order chi connectivity index (χ1) is 12.4. The second-order valence-corrected chi connectivity index (χ2v) is 6.90. The van der Waals surface area contributed by atoms with Gasteiger partial charge in [0.2, 0.25) is 0 Å². The van der Waals surface area contributed by atoms with E-state index in [2.05, 4.69) is 0 Å². The molecule has 0 saturated heterocycles. The highest BCUT2D eigenvalue weighted by molar-refractivity contribution is 6.33. The number of alkyl halides is 3. The highest BCUT2D eigenvalue weighted by Gasteiger charge is 2.36. The van der Waals surface area contributed by atoms with Crippen LogP contribution < -0.4 is 4.74 Å². The number of carbonyl (C=O) groups is 1. The Labute approximate surface area is 154 Å². The summed E-state index contributed by atoms with van der Waals surface area (Å²) in [6.45, 7) is -0.00914. The van der Waals surface area contributed by atoms with Crippen LogP contribution in [0.1, 0.15) is 58.6 Å². The van der Waals surface area contributed by atoms with E-state index in [1.54, 1.807) is 18.2 Å². The minimum atomic E-state index is -4.39. The fourth-order valence-electron chi connectivity index (χ4n) is 3.39. The summed E-state index contributed by atoms with van der Waals surface area (Å²) in [5, 5.41) is 0.241. The Morgan fingerprint density at radius 1 is 1.12 bits per heavy atom. The second kappa shape index (κ2) is 7.70. The third-order valence-electron chi connectivity index (χ3n) is 4.72. The number of halogens is 4. The van der Waals surface area contributed by atoms with Gasteiger partial charge in [0.1, 0.15) is 12.4 Å². The lowest BCUT2D eigenvalue weighted by molar-refractivity contribution is -0.138. The molecule has 1 saturated carbocycles. The number of rotatable bonds is 5. The molecule has 0 radical (unpaired) electrons. The van der Waals surface area contributed by atoms with Crippen LogP contribution in [0.15, 0.2) is 36.4 Å². The summed E-state index contributed by atoms with van der Waals surface area (Å²) >= 11 is 5.93. The average molecular weight is 383 g/mol. The maximum Gasteiger partial charge on any atom is 0.416 e. The number of hydrogen-bond donors (Lipinski definition) is 0. The number of carbonyl (C=O) groups excluding carboxylic acids is 1. The van der Waals surface area contributed by atoms with Crippen LogP contribution in [0.2, 0.25) is 5.02 Å². The molecule has 3 rings (SSSR count). The van der Waals surface area contributed by atoms with E-state index in [-0.39, 0.29) is 17.5 Å². The highest BCUT2D eigenvalue weighted by atomic mass is 35.5. The van der Waals surface area contributed by atoms with Crippen molar-refractivity contribution in [3.63, 3.8) is 0 Å². The van der Waals surface area contributed by atoms with Gasteiger partial charge in [0.05, 0.1) is 10.6 Å². The summed E-state index contributed by atoms with van der Waals surface area (Å²) in [5.41, 5.74) is 0.589. The Morgan fingerprint density at radius 3 is 2.46 bits per heavy atom. The topological polar surface area (TPSA) is 26.3 Å². The molecule has 1 fully saturated rings. The van der Waals surface area contributed by atoms with E-state index in [4.69, 9.17) is 16.3 Å². The van der Waals surface area contributed by atoms with Crippen molar-refractivity contribution in [2.24, 2.45) is 0 Å². The fourth-order valence-corrected chi connectivity index (χ4v) is 3.61. The van der Waals surface area contributed by atoms with Crippen molar-refractivity contribution in [2.75, 3.05) is 0 Å². The van der Waals surface area contributed by atoms with Crippen molar-refractivity contribution < 1.29 is 22.7 Å². The first-order valence-electron chi connectivity index (χ1n) is 8.46. The molecule has 1 aliphatic carbocycles. The van der Waals surface area contributed by atoms with Gasteiger partial charge in [0, 0.05) is 5.56 Å². The van der Waals surface area contributed by atoms with E-state index in [0.717, 1.165) is 25.7 Å². The van der Waals surface area contributed by atoms with E-state index in [1.807, 2.05) is 0 Å². The fraction of sp³-hybridized carbons (Fsp3) is 0.350. The molecule has 138 valence electrons. The van der Waals surface area contributed by atoms with Gasteiger partial charge >= 0.3 is 6.18 Å². The lowest BCUT2D eigenvalue weighted by Crippen LogP contribution is -2.12. The van der Waals surface area contributed by atoms with Crippen molar-refractivity contribution in [1.29, 1.82) is 0 Å². The molecule has 0 aromatic heterocycles. The maximum atomic E-state index is 13.5. The maximum absolute atomic E-state index is 13.5. The minimum Gasteiger partial charge on any atom is -0.489 e. The standard InChI is InChI=1S/C20H18ClF3O2/c21-19-10-16(7-6-15(19)11-25)26-12-13-5-8-17(14-3-1-2-4-14)18(9-13)20(22,23)24/h5-11,14H,1-4,12H2. The van der Waals surface area contributed by atoms with Crippen LogP contribution in [0.5, 0.6) is 5.75 Å². The molecule has 0 spiro atoms.